The summed E-state index contributed by atoms with van der Waals surface area (Å²) in [6.07, 6.45) is 3.98. The molecule has 1 saturated heterocycles. The minimum atomic E-state index is -0.866. The number of anilines is 1. The number of aliphatic hydroxyl groups excluding tert-OH is 1. The molecule has 1 atom stereocenters. The number of morpholine rings is 1. The number of aromatic nitrogens is 2. The molecule has 2 aromatic carbocycles. The number of hydrogen-bond acceptors (Lipinski definition) is 7. The SMILES string of the molecule is Cc1ncnc2cc(N3CCOCC3)cc(O[C@H]3CC[C@@H](N4C(=O)c5ccccc5C4O)CC3)c12. The lowest BCUT2D eigenvalue weighted by Gasteiger charge is -2.36. The fourth-order valence-corrected chi connectivity index (χ4v) is 5.69. The molecule has 2 aliphatic heterocycles. The molecule has 3 aliphatic rings. The summed E-state index contributed by atoms with van der Waals surface area (Å²) in [5, 5.41) is 11.8. The fourth-order valence-electron chi connectivity index (χ4n) is 5.69. The number of rotatable bonds is 4. The van der Waals surface area contributed by atoms with Crippen LogP contribution in [-0.2, 0) is 4.74 Å². The first-order chi connectivity index (χ1) is 17.1. The standard InChI is InChI=1S/C27H30N4O4/c1-17-25-23(29-16-28-17)14-19(30-10-12-34-13-11-30)15-24(25)35-20-8-6-18(7-9-20)31-26(32)21-4-2-3-5-22(21)27(31)33/h2-5,14-16,18,20,26,32H,6-13H2,1H3/t18-,20+,26?. The second-order valence-electron chi connectivity index (χ2n) is 9.62. The average Bonchev–Trinajstić information content (AvgIpc) is 3.15. The van der Waals surface area contributed by atoms with E-state index in [2.05, 4.69) is 27.0 Å². The molecule has 2 fully saturated rings. The maximum absolute atomic E-state index is 13.0. The second-order valence-corrected chi connectivity index (χ2v) is 9.62. The molecule has 3 heterocycles. The Kier molecular flexibility index (Phi) is 5.78. The van der Waals surface area contributed by atoms with E-state index in [-0.39, 0.29) is 18.1 Å². The molecule has 8 heteroatoms. The number of aryl methyl sites for hydroxylation is 1. The van der Waals surface area contributed by atoms with Crippen LogP contribution in [0.3, 0.4) is 0 Å². The van der Waals surface area contributed by atoms with Gasteiger partial charge in [0.05, 0.1) is 35.9 Å². The van der Waals surface area contributed by atoms with Gasteiger partial charge in [-0.05, 0) is 44.7 Å². The fraction of sp³-hybridized carbons (Fsp3) is 0.444. The van der Waals surface area contributed by atoms with Crippen molar-refractivity contribution in [2.45, 2.75) is 51.0 Å². The van der Waals surface area contributed by atoms with Gasteiger partial charge < -0.3 is 24.4 Å². The van der Waals surface area contributed by atoms with E-state index in [4.69, 9.17) is 9.47 Å². The molecule has 1 amide bonds. The van der Waals surface area contributed by atoms with Crippen molar-refractivity contribution in [3.63, 3.8) is 0 Å². The number of amides is 1. The Morgan fingerprint density at radius 2 is 1.83 bits per heavy atom. The number of fused-ring (bicyclic) bond motifs is 2. The van der Waals surface area contributed by atoms with Crippen LogP contribution in [0.4, 0.5) is 5.69 Å². The molecule has 1 aliphatic carbocycles. The number of ether oxygens (including phenoxy) is 2. The zero-order chi connectivity index (χ0) is 23.9. The molecule has 0 bridgehead atoms. The van der Waals surface area contributed by atoms with Gasteiger partial charge in [-0.3, -0.25) is 4.79 Å². The summed E-state index contributed by atoms with van der Waals surface area (Å²) < 4.78 is 12.1. The van der Waals surface area contributed by atoms with Crippen LogP contribution in [-0.4, -0.2) is 64.3 Å². The first kappa shape index (κ1) is 22.2. The Morgan fingerprint density at radius 3 is 2.60 bits per heavy atom. The summed E-state index contributed by atoms with van der Waals surface area (Å²) in [4.78, 5) is 25.9. The molecule has 35 heavy (non-hydrogen) atoms. The maximum Gasteiger partial charge on any atom is 0.256 e. The molecule has 0 spiro atoms. The van der Waals surface area contributed by atoms with Crippen LogP contribution in [0, 0.1) is 6.92 Å². The van der Waals surface area contributed by atoms with Gasteiger partial charge >= 0.3 is 0 Å². The monoisotopic (exact) mass is 474 g/mol. The zero-order valence-electron chi connectivity index (χ0n) is 19.9. The smallest absolute Gasteiger partial charge is 0.256 e. The van der Waals surface area contributed by atoms with Crippen molar-refractivity contribution in [2.24, 2.45) is 0 Å². The predicted molar refractivity (Wildman–Crippen MR) is 132 cm³/mol. The number of benzene rings is 2. The highest BCUT2D eigenvalue weighted by Gasteiger charge is 2.41. The van der Waals surface area contributed by atoms with Gasteiger partial charge in [-0.1, -0.05) is 18.2 Å². The molecule has 182 valence electrons. The van der Waals surface area contributed by atoms with Gasteiger partial charge in [0, 0.05) is 42.0 Å². The van der Waals surface area contributed by atoms with Crippen molar-refractivity contribution in [1.29, 1.82) is 0 Å². The van der Waals surface area contributed by atoms with Crippen molar-refractivity contribution >= 4 is 22.5 Å². The van der Waals surface area contributed by atoms with Crippen molar-refractivity contribution in [1.82, 2.24) is 14.9 Å². The van der Waals surface area contributed by atoms with E-state index in [0.29, 0.717) is 24.3 Å². The van der Waals surface area contributed by atoms with Gasteiger partial charge in [-0.15, -0.1) is 0 Å². The van der Waals surface area contributed by atoms with E-state index < -0.39 is 6.23 Å². The lowest BCUT2D eigenvalue weighted by Crippen LogP contribution is -2.42. The minimum Gasteiger partial charge on any atom is -0.490 e. The van der Waals surface area contributed by atoms with Gasteiger partial charge in [0.2, 0.25) is 0 Å². The van der Waals surface area contributed by atoms with Crippen LogP contribution in [0.25, 0.3) is 10.9 Å². The summed E-state index contributed by atoms with van der Waals surface area (Å²) in [5.41, 5.74) is 4.19. The summed E-state index contributed by atoms with van der Waals surface area (Å²) in [7, 11) is 0. The zero-order valence-corrected chi connectivity index (χ0v) is 19.9. The van der Waals surface area contributed by atoms with Crippen LogP contribution in [0.15, 0.2) is 42.7 Å². The molecule has 1 unspecified atom stereocenters. The Morgan fingerprint density at radius 1 is 1.06 bits per heavy atom. The second kappa shape index (κ2) is 9.09. The molecule has 1 N–H and O–H groups in total. The molecular weight excluding hydrogens is 444 g/mol. The number of carbonyl (C=O) groups excluding carboxylic acids is 1. The summed E-state index contributed by atoms with van der Waals surface area (Å²) in [6.45, 7) is 5.10. The summed E-state index contributed by atoms with van der Waals surface area (Å²) >= 11 is 0. The maximum atomic E-state index is 13.0. The van der Waals surface area contributed by atoms with Crippen LogP contribution in [0.1, 0.15) is 53.5 Å². The normalized spacial score (nSPS) is 24.6. The first-order valence-electron chi connectivity index (χ1n) is 12.4. The Bertz CT molecular complexity index is 1250. The van der Waals surface area contributed by atoms with Gasteiger partial charge in [-0.2, -0.15) is 0 Å². The topological polar surface area (TPSA) is 88.0 Å². The molecule has 0 radical (unpaired) electrons. The average molecular weight is 475 g/mol. The van der Waals surface area contributed by atoms with Crippen molar-refractivity contribution < 1.29 is 19.4 Å². The highest BCUT2D eigenvalue weighted by Crippen LogP contribution is 2.39. The molecule has 3 aromatic rings. The van der Waals surface area contributed by atoms with Crippen LogP contribution < -0.4 is 9.64 Å². The molecule has 6 rings (SSSR count). The van der Waals surface area contributed by atoms with E-state index >= 15 is 0 Å². The van der Waals surface area contributed by atoms with Gasteiger partial charge in [0.25, 0.3) is 5.91 Å². The summed E-state index contributed by atoms with van der Waals surface area (Å²) in [6, 6.07) is 11.6. The van der Waals surface area contributed by atoms with Gasteiger partial charge in [0.15, 0.2) is 6.23 Å². The quantitative estimate of drug-likeness (QED) is 0.618. The third-order valence-corrected chi connectivity index (χ3v) is 7.55. The van der Waals surface area contributed by atoms with E-state index in [0.717, 1.165) is 66.8 Å². The van der Waals surface area contributed by atoms with Crippen molar-refractivity contribution in [3.05, 3.63) is 59.5 Å². The van der Waals surface area contributed by atoms with Crippen LogP contribution >= 0.6 is 0 Å². The highest BCUT2D eigenvalue weighted by atomic mass is 16.5. The minimum absolute atomic E-state index is 0.00579. The predicted octanol–water partition coefficient (Wildman–Crippen LogP) is 3.61. The third kappa shape index (κ3) is 4.00. The largest absolute Gasteiger partial charge is 0.490 e. The van der Waals surface area contributed by atoms with Gasteiger partial charge in [-0.25, -0.2) is 9.97 Å². The molecule has 1 aromatic heterocycles. The molecule has 8 nitrogen and oxygen atoms in total. The molecular formula is C27H30N4O4. The van der Waals surface area contributed by atoms with Crippen LogP contribution in [0.2, 0.25) is 0 Å². The van der Waals surface area contributed by atoms with E-state index in [1.54, 1.807) is 17.3 Å². The van der Waals surface area contributed by atoms with Crippen LogP contribution in [0.5, 0.6) is 5.75 Å². The lowest BCUT2D eigenvalue weighted by atomic mass is 9.91. The summed E-state index contributed by atoms with van der Waals surface area (Å²) in [5.74, 6) is 0.740. The van der Waals surface area contributed by atoms with Crippen molar-refractivity contribution in [3.8, 4) is 5.75 Å². The lowest BCUT2D eigenvalue weighted by molar-refractivity contribution is -0.0186. The number of aliphatic hydroxyl groups is 1. The Hall–Kier alpha value is -3.23. The Balaban J connectivity index is 1.20. The number of hydrogen-bond donors (Lipinski definition) is 1. The van der Waals surface area contributed by atoms with E-state index in [1.165, 1.54) is 0 Å². The Labute approximate surface area is 204 Å². The highest BCUT2D eigenvalue weighted by molar-refractivity contribution is 5.99. The van der Waals surface area contributed by atoms with Crippen molar-refractivity contribution in [2.75, 3.05) is 31.2 Å². The first-order valence-corrected chi connectivity index (χ1v) is 12.4. The number of carbonyl (C=O) groups is 1. The molecule has 1 saturated carbocycles. The number of nitrogens with zero attached hydrogens (tertiary/aromatic N) is 4. The van der Waals surface area contributed by atoms with Gasteiger partial charge in [0.1, 0.15) is 12.1 Å². The third-order valence-electron chi connectivity index (χ3n) is 7.55. The van der Waals surface area contributed by atoms with E-state index in [1.807, 2.05) is 25.1 Å². The van der Waals surface area contributed by atoms with E-state index in [9.17, 15) is 9.90 Å².